The molecule has 0 amide bonds. The molecule has 0 radical (unpaired) electrons. The van der Waals surface area contributed by atoms with Crippen molar-refractivity contribution in [3.05, 3.63) is 24.3 Å². The first-order chi connectivity index (χ1) is 30.1. The molecular formula is C54H102NO7+. The third-order valence-electron chi connectivity index (χ3n) is 12.1. The lowest BCUT2D eigenvalue weighted by Crippen LogP contribution is -2.50. The highest BCUT2D eigenvalue weighted by Gasteiger charge is 2.31. The number of ether oxygens (including phenoxy) is 3. The molecule has 0 aliphatic rings. The van der Waals surface area contributed by atoms with Crippen LogP contribution in [0.1, 0.15) is 251 Å². The molecule has 1 N–H and O–H groups in total. The zero-order valence-electron chi connectivity index (χ0n) is 41.6. The SMILES string of the molecule is CCCCCCCCC/C=C/C=C/CCCCCC(=O)OC(COCCC(C(=O)O)[N+](C)(C)C)COC(=O)CCCCCCCCCCCCCCCCCCCCCCCC. The molecule has 0 bridgehead atoms. The van der Waals surface area contributed by atoms with E-state index in [2.05, 4.69) is 38.2 Å². The second-order valence-electron chi connectivity index (χ2n) is 19.2. The van der Waals surface area contributed by atoms with Gasteiger partial charge in [-0.25, -0.2) is 4.79 Å². The number of unbranched alkanes of at least 4 members (excludes halogenated alkanes) is 31. The third kappa shape index (κ3) is 43.1. The topological polar surface area (TPSA) is 99.1 Å². The Bertz CT molecular complexity index is 1070. The van der Waals surface area contributed by atoms with Crippen LogP contribution >= 0.6 is 0 Å². The fraction of sp³-hybridized carbons (Fsp3) is 0.870. The summed E-state index contributed by atoms with van der Waals surface area (Å²) in [6.45, 7) is 4.75. The van der Waals surface area contributed by atoms with E-state index in [1.807, 2.05) is 21.1 Å². The lowest BCUT2D eigenvalue weighted by molar-refractivity contribution is -0.887. The zero-order valence-corrected chi connectivity index (χ0v) is 41.6. The Morgan fingerprint density at radius 3 is 1.23 bits per heavy atom. The average Bonchev–Trinajstić information content (AvgIpc) is 3.23. The number of nitrogens with zero attached hydrogens (tertiary/aromatic N) is 1. The average molecular weight is 877 g/mol. The van der Waals surface area contributed by atoms with Crippen LogP contribution in [0.5, 0.6) is 0 Å². The Hall–Kier alpha value is -2.19. The lowest BCUT2D eigenvalue weighted by Gasteiger charge is -2.31. The van der Waals surface area contributed by atoms with Crippen LogP contribution in [0.15, 0.2) is 24.3 Å². The van der Waals surface area contributed by atoms with Gasteiger partial charge in [0.05, 0.1) is 34.4 Å². The van der Waals surface area contributed by atoms with Gasteiger partial charge >= 0.3 is 17.9 Å². The summed E-state index contributed by atoms with van der Waals surface area (Å²) in [7, 11) is 5.53. The van der Waals surface area contributed by atoms with Gasteiger partial charge in [0, 0.05) is 19.3 Å². The second-order valence-corrected chi connectivity index (χ2v) is 19.2. The first-order valence-electron chi connectivity index (χ1n) is 26.4. The van der Waals surface area contributed by atoms with Crippen molar-refractivity contribution < 1.29 is 38.2 Å². The number of allylic oxidation sites excluding steroid dienone is 4. The van der Waals surface area contributed by atoms with Crippen LogP contribution in [0.4, 0.5) is 0 Å². The minimum Gasteiger partial charge on any atom is -0.477 e. The van der Waals surface area contributed by atoms with E-state index in [0.29, 0.717) is 19.3 Å². The number of likely N-dealkylation sites (N-methyl/N-ethyl adjacent to an activating group) is 1. The summed E-state index contributed by atoms with van der Waals surface area (Å²) in [6, 6.07) is -0.617. The number of carbonyl (C=O) groups is 3. The van der Waals surface area contributed by atoms with Gasteiger partial charge in [0.2, 0.25) is 0 Å². The molecule has 364 valence electrons. The minimum absolute atomic E-state index is 0.0547. The van der Waals surface area contributed by atoms with Gasteiger partial charge in [-0.2, -0.15) is 0 Å². The van der Waals surface area contributed by atoms with Crippen LogP contribution in [0.3, 0.4) is 0 Å². The normalized spacial score (nSPS) is 13.0. The largest absolute Gasteiger partial charge is 0.477 e. The standard InChI is InChI=1S/C54H101NO7/c1-6-8-10-12-14-16-18-20-22-24-25-26-27-28-29-31-32-34-36-38-40-42-44-52(56)61-49-50(48-60-47-46-51(54(58)59)55(3,4)5)62-53(57)45-43-41-39-37-35-33-30-23-21-19-17-15-13-11-9-7-2/h23,30,33,35,50-51H,6-22,24-29,31-32,34,36-49H2,1-5H3/p+1/b30-23+,35-33+. The molecule has 0 aromatic heterocycles. The predicted molar refractivity (Wildman–Crippen MR) is 262 cm³/mol. The van der Waals surface area contributed by atoms with Crippen LogP contribution in [0.2, 0.25) is 0 Å². The van der Waals surface area contributed by atoms with Gasteiger partial charge in [0.25, 0.3) is 0 Å². The van der Waals surface area contributed by atoms with Crippen molar-refractivity contribution in [2.24, 2.45) is 0 Å². The van der Waals surface area contributed by atoms with Crippen LogP contribution in [-0.2, 0) is 28.6 Å². The molecule has 0 spiro atoms. The van der Waals surface area contributed by atoms with Gasteiger partial charge in [-0.05, 0) is 38.5 Å². The number of hydrogen-bond donors (Lipinski definition) is 1. The molecule has 8 nitrogen and oxygen atoms in total. The smallest absolute Gasteiger partial charge is 0.362 e. The number of aliphatic carboxylic acids is 1. The molecule has 0 saturated heterocycles. The molecule has 0 saturated carbocycles. The van der Waals surface area contributed by atoms with Crippen molar-refractivity contribution in [2.75, 3.05) is 41.0 Å². The molecule has 0 aliphatic heterocycles. The predicted octanol–water partition coefficient (Wildman–Crippen LogP) is 15.2. The van der Waals surface area contributed by atoms with E-state index in [-0.39, 0.29) is 36.2 Å². The molecule has 62 heavy (non-hydrogen) atoms. The maximum atomic E-state index is 12.8. The number of quaternary nitrogens is 1. The van der Waals surface area contributed by atoms with E-state index in [9.17, 15) is 19.5 Å². The molecule has 0 aromatic carbocycles. The summed E-state index contributed by atoms with van der Waals surface area (Å²) in [6.07, 6.45) is 52.4. The molecule has 0 rings (SSSR count). The Labute approximate surface area is 383 Å². The molecule has 2 atom stereocenters. The Kier molecular flexibility index (Phi) is 43.8. The van der Waals surface area contributed by atoms with Gasteiger partial charge in [0.15, 0.2) is 12.1 Å². The molecule has 0 aliphatic carbocycles. The van der Waals surface area contributed by atoms with Crippen molar-refractivity contribution in [2.45, 2.75) is 264 Å². The quantitative estimate of drug-likeness (QED) is 0.0281. The number of carboxylic acid groups (broad SMARTS) is 1. The summed E-state index contributed by atoms with van der Waals surface area (Å²) in [4.78, 5) is 37.1. The van der Waals surface area contributed by atoms with E-state index in [1.54, 1.807) is 0 Å². The zero-order chi connectivity index (χ0) is 45.6. The van der Waals surface area contributed by atoms with Crippen molar-refractivity contribution in [1.82, 2.24) is 0 Å². The first-order valence-corrected chi connectivity index (χ1v) is 26.4. The van der Waals surface area contributed by atoms with E-state index in [1.165, 1.54) is 167 Å². The fourth-order valence-corrected chi connectivity index (χ4v) is 8.03. The van der Waals surface area contributed by atoms with E-state index in [4.69, 9.17) is 14.2 Å². The highest BCUT2D eigenvalue weighted by molar-refractivity contribution is 5.72. The number of rotatable bonds is 48. The number of esters is 2. The monoisotopic (exact) mass is 877 g/mol. The molecule has 0 heterocycles. The summed E-state index contributed by atoms with van der Waals surface area (Å²) >= 11 is 0. The van der Waals surface area contributed by atoms with Gasteiger partial charge < -0.3 is 23.8 Å². The highest BCUT2D eigenvalue weighted by atomic mass is 16.6. The minimum atomic E-state index is -0.876. The Morgan fingerprint density at radius 1 is 0.484 bits per heavy atom. The summed E-state index contributed by atoms with van der Waals surface area (Å²) in [5.74, 6) is -1.48. The first kappa shape index (κ1) is 59.8. The van der Waals surface area contributed by atoms with Gasteiger partial charge in [-0.1, -0.05) is 218 Å². The van der Waals surface area contributed by atoms with Gasteiger partial charge in [-0.3, -0.25) is 9.59 Å². The summed E-state index contributed by atoms with van der Waals surface area (Å²) in [5.41, 5.74) is 0. The van der Waals surface area contributed by atoms with E-state index in [0.717, 1.165) is 51.4 Å². The lowest BCUT2D eigenvalue weighted by atomic mass is 10.0. The van der Waals surface area contributed by atoms with E-state index < -0.39 is 18.1 Å². The van der Waals surface area contributed by atoms with Crippen LogP contribution < -0.4 is 0 Å². The Balaban J connectivity index is 4.20. The van der Waals surface area contributed by atoms with Crippen LogP contribution in [-0.4, -0.2) is 80.6 Å². The van der Waals surface area contributed by atoms with Gasteiger partial charge in [0.1, 0.15) is 6.61 Å². The fourth-order valence-electron chi connectivity index (χ4n) is 8.03. The van der Waals surface area contributed by atoms with E-state index >= 15 is 0 Å². The third-order valence-corrected chi connectivity index (χ3v) is 12.1. The molecule has 0 fully saturated rings. The van der Waals surface area contributed by atoms with Crippen molar-refractivity contribution >= 4 is 17.9 Å². The summed E-state index contributed by atoms with van der Waals surface area (Å²) in [5, 5.41) is 9.65. The second kappa shape index (κ2) is 45.4. The van der Waals surface area contributed by atoms with Crippen molar-refractivity contribution in [3.8, 4) is 0 Å². The highest BCUT2D eigenvalue weighted by Crippen LogP contribution is 2.17. The van der Waals surface area contributed by atoms with Crippen molar-refractivity contribution in [3.63, 3.8) is 0 Å². The molecule has 0 aromatic rings. The number of carboxylic acids is 1. The van der Waals surface area contributed by atoms with Crippen LogP contribution in [0, 0.1) is 0 Å². The number of carbonyl (C=O) groups excluding carboxylic acids is 2. The van der Waals surface area contributed by atoms with Crippen molar-refractivity contribution in [1.29, 1.82) is 0 Å². The van der Waals surface area contributed by atoms with Gasteiger partial charge in [-0.15, -0.1) is 0 Å². The van der Waals surface area contributed by atoms with Crippen LogP contribution in [0.25, 0.3) is 0 Å². The summed E-state index contributed by atoms with van der Waals surface area (Å²) < 4.78 is 17.3. The maximum absolute atomic E-state index is 12.8. The number of hydrogen-bond acceptors (Lipinski definition) is 6. The molecular weight excluding hydrogens is 775 g/mol. The molecule has 8 heteroatoms. The molecule has 2 unspecified atom stereocenters. The Morgan fingerprint density at radius 2 is 0.839 bits per heavy atom. The maximum Gasteiger partial charge on any atom is 0.362 e.